The summed E-state index contributed by atoms with van der Waals surface area (Å²) in [5, 5.41) is 0. The van der Waals surface area contributed by atoms with Gasteiger partial charge in [-0.15, -0.1) is 0 Å². The number of carbonyl (C=O) groups is 1. The van der Waals surface area contributed by atoms with E-state index in [1.54, 1.807) is 20.8 Å². The first-order valence-electron chi connectivity index (χ1n) is 6.31. The lowest BCUT2D eigenvalue weighted by Gasteiger charge is -2.21. The summed E-state index contributed by atoms with van der Waals surface area (Å²) in [7, 11) is 0. The summed E-state index contributed by atoms with van der Waals surface area (Å²) in [6.45, 7) is 9.09. The molecule has 0 saturated carbocycles. The van der Waals surface area contributed by atoms with E-state index in [0.717, 1.165) is 0 Å². The Morgan fingerprint density at radius 2 is 1.79 bits per heavy atom. The van der Waals surface area contributed by atoms with Crippen LogP contribution in [0.15, 0.2) is 11.5 Å². The second kappa shape index (κ2) is 3.50. The van der Waals surface area contributed by atoms with E-state index < -0.39 is 29.2 Å². The number of fused-ring (bicyclic) bond motifs is 1. The molecule has 6 nitrogen and oxygen atoms in total. The van der Waals surface area contributed by atoms with Crippen molar-refractivity contribution in [1.82, 2.24) is 0 Å². The third-order valence-corrected chi connectivity index (χ3v) is 3.35. The number of esters is 1. The van der Waals surface area contributed by atoms with Crippen molar-refractivity contribution in [3.63, 3.8) is 0 Å². The molecule has 3 rings (SSSR count). The maximum Gasteiger partial charge on any atom is 0.351 e. The molecule has 3 aliphatic heterocycles. The maximum atomic E-state index is 12.0. The van der Waals surface area contributed by atoms with E-state index >= 15 is 0 Å². The quantitative estimate of drug-likeness (QED) is 0.672. The Kier molecular flexibility index (Phi) is 2.38. The highest BCUT2D eigenvalue weighted by atomic mass is 16.8. The molecule has 0 radical (unpaired) electrons. The van der Waals surface area contributed by atoms with Gasteiger partial charge in [0.1, 0.15) is 6.10 Å². The highest BCUT2D eigenvalue weighted by Crippen LogP contribution is 2.47. The molecule has 0 aromatic carbocycles. The molecular formula is C13H18O6. The highest BCUT2D eigenvalue weighted by molar-refractivity contribution is 5.87. The van der Waals surface area contributed by atoms with Gasteiger partial charge in [-0.2, -0.15) is 0 Å². The molecule has 1 unspecified atom stereocenters. The van der Waals surface area contributed by atoms with Crippen LogP contribution in [0.1, 0.15) is 34.6 Å². The molecule has 0 N–H and O–H groups in total. The van der Waals surface area contributed by atoms with E-state index in [4.69, 9.17) is 23.7 Å². The summed E-state index contributed by atoms with van der Waals surface area (Å²) in [6, 6.07) is 0. The molecule has 6 heteroatoms. The normalized spacial score (nSPS) is 39.2. The molecule has 2 atom stereocenters. The van der Waals surface area contributed by atoms with Crippen LogP contribution >= 0.6 is 0 Å². The molecule has 0 bridgehead atoms. The predicted molar refractivity (Wildman–Crippen MR) is 62.7 cm³/mol. The van der Waals surface area contributed by atoms with E-state index in [9.17, 15) is 4.79 Å². The molecule has 0 aliphatic carbocycles. The predicted octanol–water partition coefficient (Wildman–Crippen LogP) is 1.45. The molecule has 0 aromatic heterocycles. The molecule has 2 fully saturated rings. The van der Waals surface area contributed by atoms with Gasteiger partial charge in [-0.25, -0.2) is 4.79 Å². The van der Waals surface area contributed by atoms with Gasteiger partial charge in [-0.05, 0) is 20.8 Å². The van der Waals surface area contributed by atoms with Gasteiger partial charge in [-0.3, -0.25) is 0 Å². The smallest absolute Gasteiger partial charge is 0.351 e. The fraction of sp³-hybridized carbons (Fsp3) is 0.769. The molecule has 0 aromatic rings. The number of hydrogen-bond donors (Lipinski definition) is 0. The summed E-state index contributed by atoms with van der Waals surface area (Å²) in [5.41, 5.74) is -1.19. The zero-order valence-electron chi connectivity index (χ0n) is 11.7. The first-order chi connectivity index (χ1) is 8.63. The van der Waals surface area contributed by atoms with Crippen LogP contribution in [0.2, 0.25) is 0 Å². The van der Waals surface area contributed by atoms with Crippen LogP contribution in [-0.2, 0) is 28.5 Å². The number of cyclic esters (lactones) is 1. The van der Waals surface area contributed by atoms with Crippen LogP contribution in [0.25, 0.3) is 0 Å². The third-order valence-electron chi connectivity index (χ3n) is 3.35. The summed E-state index contributed by atoms with van der Waals surface area (Å²) < 4.78 is 27.9. The lowest BCUT2D eigenvalue weighted by Crippen LogP contribution is -2.36. The van der Waals surface area contributed by atoms with Gasteiger partial charge in [0.15, 0.2) is 17.3 Å². The monoisotopic (exact) mass is 270 g/mol. The second-order valence-electron chi connectivity index (χ2n) is 6.04. The Morgan fingerprint density at radius 3 is 2.37 bits per heavy atom. The molecular weight excluding hydrogens is 252 g/mol. The lowest BCUT2D eigenvalue weighted by molar-refractivity contribution is -0.187. The SMILES string of the molecule is CC1(C)OCC(C2=C3OC(C)(C)O[C@]3(C)C(=O)O2)O1. The molecule has 2 saturated heterocycles. The fourth-order valence-corrected chi connectivity index (χ4v) is 2.59. The molecule has 19 heavy (non-hydrogen) atoms. The Labute approximate surface area is 111 Å². The van der Waals surface area contributed by atoms with Gasteiger partial charge in [-0.1, -0.05) is 0 Å². The summed E-state index contributed by atoms with van der Waals surface area (Å²) in [4.78, 5) is 12.0. The molecule has 0 spiro atoms. The topological polar surface area (TPSA) is 63.2 Å². The van der Waals surface area contributed by atoms with Gasteiger partial charge in [0.25, 0.3) is 0 Å². The van der Waals surface area contributed by atoms with Crippen molar-refractivity contribution in [3.05, 3.63) is 11.5 Å². The van der Waals surface area contributed by atoms with Crippen molar-refractivity contribution in [2.45, 2.75) is 57.9 Å². The zero-order chi connectivity index (χ0) is 14.1. The van der Waals surface area contributed by atoms with Crippen molar-refractivity contribution < 1.29 is 28.5 Å². The van der Waals surface area contributed by atoms with Gasteiger partial charge in [0, 0.05) is 13.8 Å². The van der Waals surface area contributed by atoms with Crippen LogP contribution in [0, 0.1) is 0 Å². The van der Waals surface area contributed by atoms with Crippen molar-refractivity contribution in [1.29, 1.82) is 0 Å². The number of rotatable bonds is 1. The minimum absolute atomic E-state index is 0.318. The van der Waals surface area contributed by atoms with Crippen molar-refractivity contribution >= 4 is 5.97 Å². The van der Waals surface area contributed by atoms with Crippen molar-refractivity contribution in [2.24, 2.45) is 0 Å². The van der Waals surface area contributed by atoms with Crippen molar-refractivity contribution in [2.75, 3.05) is 6.61 Å². The van der Waals surface area contributed by atoms with Crippen LogP contribution < -0.4 is 0 Å². The fourth-order valence-electron chi connectivity index (χ4n) is 2.59. The molecule has 0 amide bonds. The number of hydrogen-bond acceptors (Lipinski definition) is 6. The standard InChI is InChI=1S/C13H18O6/c1-11(2)15-6-7(17-11)8-9-13(5,10(14)16-8)19-12(3,4)18-9/h7H,6H2,1-5H3/t7?,13-/m0/s1. The Morgan fingerprint density at radius 1 is 1.11 bits per heavy atom. The summed E-state index contributed by atoms with van der Waals surface area (Å²) in [5.74, 6) is -1.27. The van der Waals surface area contributed by atoms with E-state index in [1.807, 2.05) is 13.8 Å². The molecule has 3 heterocycles. The average molecular weight is 270 g/mol. The minimum Gasteiger partial charge on any atom is -0.460 e. The number of ether oxygens (including phenoxy) is 5. The van der Waals surface area contributed by atoms with Crippen LogP contribution in [0.4, 0.5) is 0 Å². The van der Waals surface area contributed by atoms with E-state index in [-0.39, 0.29) is 0 Å². The van der Waals surface area contributed by atoms with E-state index in [2.05, 4.69) is 0 Å². The minimum atomic E-state index is -1.19. The Hall–Kier alpha value is -1.11. The average Bonchev–Trinajstić information content (AvgIpc) is 2.79. The zero-order valence-corrected chi connectivity index (χ0v) is 11.7. The third kappa shape index (κ3) is 1.86. The number of carbonyl (C=O) groups excluding carboxylic acids is 1. The molecule has 3 aliphatic rings. The first kappa shape index (κ1) is 12.9. The van der Waals surface area contributed by atoms with Gasteiger partial charge in [0.05, 0.1) is 6.61 Å². The van der Waals surface area contributed by atoms with E-state index in [1.165, 1.54) is 0 Å². The van der Waals surface area contributed by atoms with Gasteiger partial charge < -0.3 is 23.7 Å². The van der Waals surface area contributed by atoms with E-state index in [0.29, 0.717) is 18.1 Å². The summed E-state index contributed by atoms with van der Waals surface area (Å²) in [6.07, 6.45) is -0.451. The van der Waals surface area contributed by atoms with Crippen molar-refractivity contribution in [3.8, 4) is 0 Å². The highest BCUT2D eigenvalue weighted by Gasteiger charge is 2.61. The van der Waals surface area contributed by atoms with Crippen LogP contribution in [0.3, 0.4) is 0 Å². The van der Waals surface area contributed by atoms with Crippen LogP contribution in [0.5, 0.6) is 0 Å². The second-order valence-corrected chi connectivity index (χ2v) is 6.04. The summed E-state index contributed by atoms with van der Waals surface area (Å²) >= 11 is 0. The lowest BCUT2D eigenvalue weighted by atomic mass is 10.1. The van der Waals surface area contributed by atoms with Gasteiger partial charge in [0.2, 0.25) is 11.4 Å². The molecule has 106 valence electrons. The van der Waals surface area contributed by atoms with Gasteiger partial charge >= 0.3 is 5.97 Å². The largest absolute Gasteiger partial charge is 0.460 e. The first-order valence-corrected chi connectivity index (χ1v) is 6.31. The van der Waals surface area contributed by atoms with Crippen LogP contribution in [-0.4, -0.2) is 35.9 Å². The Bertz CT molecular complexity index is 478. The Balaban J connectivity index is 1.96. The maximum absolute atomic E-state index is 12.0.